The van der Waals surface area contributed by atoms with Crippen LogP contribution in [0.3, 0.4) is 0 Å². The number of nitrogens with zero attached hydrogens (tertiary/aromatic N) is 1. The fraction of sp³-hybridized carbons (Fsp3) is 0.278. The fourth-order valence-corrected chi connectivity index (χ4v) is 4.96. The molecule has 0 aromatic heterocycles. The predicted molar refractivity (Wildman–Crippen MR) is 175 cm³/mol. The molecule has 8 heteroatoms. The van der Waals surface area contributed by atoms with Crippen LogP contribution in [0, 0.1) is 0 Å². The van der Waals surface area contributed by atoms with Crippen LogP contribution in [-0.4, -0.2) is 49.3 Å². The summed E-state index contributed by atoms with van der Waals surface area (Å²) in [6, 6.07) is 32.1. The molecule has 0 atom stereocenters. The predicted octanol–water partition coefficient (Wildman–Crippen LogP) is 7.45. The highest BCUT2D eigenvalue weighted by molar-refractivity contribution is 5.89. The van der Waals surface area contributed by atoms with Crippen molar-refractivity contribution in [3.63, 3.8) is 0 Å². The van der Waals surface area contributed by atoms with Crippen molar-refractivity contribution in [3.05, 3.63) is 119 Å². The maximum Gasteiger partial charge on any atom is 0.337 e. The number of hydrogen-bond acceptors (Lipinski definition) is 6. The van der Waals surface area contributed by atoms with E-state index in [0.717, 1.165) is 48.4 Å². The molecule has 7 nitrogen and oxygen atoms in total. The van der Waals surface area contributed by atoms with E-state index in [4.69, 9.17) is 19.3 Å². The van der Waals surface area contributed by atoms with Crippen molar-refractivity contribution in [2.45, 2.75) is 38.8 Å². The molecule has 4 rings (SSSR count). The van der Waals surface area contributed by atoms with Gasteiger partial charge in [-0.05, 0) is 66.3 Å². The third-order valence-electron chi connectivity index (χ3n) is 7.34. The Bertz CT molecular complexity index is 1480. The van der Waals surface area contributed by atoms with Gasteiger partial charge in [0.1, 0.15) is 18.1 Å². The summed E-state index contributed by atoms with van der Waals surface area (Å²) in [6.07, 6.45) is 2.26. The summed E-state index contributed by atoms with van der Waals surface area (Å²) in [7, 11) is 2.94. The molecule has 0 amide bonds. The highest BCUT2D eigenvalue weighted by atomic mass is 35.5. The van der Waals surface area contributed by atoms with Gasteiger partial charge in [0, 0.05) is 25.1 Å². The van der Waals surface area contributed by atoms with E-state index in [2.05, 4.69) is 47.4 Å². The van der Waals surface area contributed by atoms with Crippen molar-refractivity contribution in [1.82, 2.24) is 4.90 Å². The van der Waals surface area contributed by atoms with Gasteiger partial charge in [-0.2, -0.15) is 0 Å². The molecule has 0 bridgehead atoms. The molecular weight excluding hydrogens is 578 g/mol. The molecule has 4 aromatic rings. The van der Waals surface area contributed by atoms with Gasteiger partial charge in [0.05, 0.1) is 19.8 Å². The van der Waals surface area contributed by atoms with Crippen molar-refractivity contribution in [2.24, 2.45) is 0 Å². The SMILES string of the molecule is COC(=O)c1ccc(CN(CCCCC(=O)O)CCc2ccccc2OCc2ccc(-c3ccccc3)cc2)c(OC)c1.Cl. The van der Waals surface area contributed by atoms with E-state index in [1.54, 1.807) is 19.2 Å². The Morgan fingerprint density at radius 3 is 2.16 bits per heavy atom. The van der Waals surface area contributed by atoms with E-state index in [-0.39, 0.29) is 18.8 Å². The second kappa shape index (κ2) is 17.7. The van der Waals surface area contributed by atoms with Gasteiger partial charge >= 0.3 is 11.9 Å². The molecule has 0 aliphatic carbocycles. The van der Waals surface area contributed by atoms with E-state index >= 15 is 0 Å². The van der Waals surface area contributed by atoms with Crippen LogP contribution < -0.4 is 9.47 Å². The molecular formula is C36H40ClNO6. The van der Waals surface area contributed by atoms with Gasteiger partial charge in [-0.3, -0.25) is 9.69 Å². The molecule has 0 saturated heterocycles. The average molecular weight is 618 g/mol. The van der Waals surface area contributed by atoms with Crippen molar-refractivity contribution in [2.75, 3.05) is 27.3 Å². The second-order valence-corrected chi connectivity index (χ2v) is 10.4. The number of ether oxygens (including phenoxy) is 3. The summed E-state index contributed by atoms with van der Waals surface area (Å²) < 4.78 is 16.7. The normalized spacial score (nSPS) is 10.6. The third-order valence-corrected chi connectivity index (χ3v) is 7.34. The Morgan fingerprint density at radius 1 is 0.750 bits per heavy atom. The number of rotatable bonds is 16. The number of carboxylic acid groups (broad SMARTS) is 1. The molecule has 4 aromatic carbocycles. The molecule has 1 N–H and O–H groups in total. The Balaban J connectivity index is 0.00000529. The number of unbranched alkanes of at least 4 members (excludes halogenated alkanes) is 1. The molecule has 0 spiro atoms. The largest absolute Gasteiger partial charge is 0.496 e. The second-order valence-electron chi connectivity index (χ2n) is 10.4. The molecule has 0 aliphatic rings. The summed E-state index contributed by atoms with van der Waals surface area (Å²) in [5.41, 5.74) is 5.92. The van der Waals surface area contributed by atoms with E-state index in [9.17, 15) is 9.59 Å². The Kier molecular flexibility index (Phi) is 13.7. The number of carbonyl (C=O) groups is 2. The number of hydrogen-bond donors (Lipinski definition) is 1. The molecule has 0 fully saturated rings. The monoisotopic (exact) mass is 617 g/mol. The zero-order valence-electron chi connectivity index (χ0n) is 25.2. The van der Waals surface area contributed by atoms with Gasteiger partial charge < -0.3 is 19.3 Å². The number of aliphatic carboxylic acids is 1. The first kappa shape index (κ1) is 34.2. The van der Waals surface area contributed by atoms with Gasteiger partial charge in [0.15, 0.2) is 0 Å². The van der Waals surface area contributed by atoms with Gasteiger partial charge in [-0.15, -0.1) is 12.4 Å². The summed E-state index contributed by atoms with van der Waals surface area (Å²) in [4.78, 5) is 25.3. The van der Waals surface area contributed by atoms with Gasteiger partial charge in [-0.25, -0.2) is 4.79 Å². The summed E-state index contributed by atoms with van der Waals surface area (Å²) in [5.74, 6) is 0.257. The van der Waals surface area contributed by atoms with E-state index in [1.165, 1.54) is 18.2 Å². The molecule has 0 unspecified atom stereocenters. The van der Waals surface area contributed by atoms with Crippen LogP contribution in [0.15, 0.2) is 97.1 Å². The van der Waals surface area contributed by atoms with Crippen LogP contribution >= 0.6 is 12.4 Å². The Morgan fingerprint density at radius 2 is 1.45 bits per heavy atom. The topological polar surface area (TPSA) is 85.3 Å². The minimum absolute atomic E-state index is 0. The number of esters is 1. The zero-order chi connectivity index (χ0) is 30.4. The van der Waals surface area contributed by atoms with Crippen LogP contribution in [0.1, 0.15) is 46.3 Å². The van der Waals surface area contributed by atoms with Crippen molar-refractivity contribution >= 4 is 24.3 Å². The average Bonchev–Trinajstić information content (AvgIpc) is 3.05. The van der Waals surface area contributed by atoms with Crippen LogP contribution in [0.4, 0.5) is 0 Å². The lowest BCUT2D eigenvalue weighted by Gasteiger charge is -2.24. The van der Waals surface area contributed by atoms with Gasteiger partial charge in [-0.1, -0.05) is 78.9 Å². The first-order chi connectivity index (χ1) is 21.0. The van der Waals surface area contributed by atoms with Crippen molar-refractivity contribution in [3.8, 4) is 22.6 Å². The first-order valence-corrected chi connectivity index (χ1v) is 14.5. The minimum Gasteiger partial charge on any atom is -0.496 e. The van der Waals surface area contributed by atoms with Crippen LogP contribution in [0.5, 0.6) is 11.5 Å². The van der Waals surface area contributed by atoms with Gasteiger partial charge in [0.2, 0.25) is 0 Å². The fourth-order valence-electron chi connectivity index (χ4n) is 4.96. The summed E-state index contributed by atoms with van der Waals surface area (Å²) >= 11 is 0. The number of methoxy groups -OCH3 is 2. The lowest BCUT2D eigenvalue weighted by molar-refractivity contribution is -0.137. The van der Waals surface area contributed by atoms with Crippen LogP contribution in [0.2, 0.25) is 0 Å². The van der Waals surface area contributed by atoms with Crippen LogP contribution in [0.25, 0.3) is 11.1 Å². The highest BCUT2D eigenvalue weighted by Crippen LogP contribution is 2.25. The summed E-state index contributed by atoms with van der Waals surface area (Å²) in [6.45, 7) is 2.52. The number of carbonyl (C=O) groups excluding carboxylic acids is 1. The zero-order valence-corrected chi connectivity index (χ0v) is 26.1. The highest BCUT2D eigenvalue weighted by Gasteiger charge is 2.15. The molecule has 0 aliphatic heterocycles. The molecule has 0 radical (unpaired) electrons. The minimum atomic E-state index is -0.785. The number of carboxylic acids is 1. The van der Waals surface area contributed by atoms with E-state index < -0.39 is 11.9 Å². The smallest absolute Gasteiger partial charge is 0.337 e. The Labute approximate surface area is 265 Å². The Hall–Kier alpha value is -4.33. The number of para-hydroxylation sites is 1. The van der Waals surface area contributed by atoms with Crippen molar-refractivity contribution < 1.29 is 28.9 Å². The molecule has 0 saturated carbocycles. The lowest BCUT2D eigenvalue weighted by Crippen LogP contribution is -2.27. The summed E-state index contributed by atoms with van der Waals surface area (Å²) in [5, 5.41) is 9.07. The standard InChI is InChI=1S/C36H39NO6.ClH/c1-41-34-24-31(36(40)42-2)19-20-32(34)25-37(22-9-8-14-35(38)39)23-21-30-12-6-7-13-33(30)43-26-27-15-17-29(18-16-27)28-10-4-3-5-11-28;/h3-7,10-13,15-20,24H,8-9,14,21-23,25-26H2,1-2H3,(H,38,39);1H. The number of halogens is 1. The maximum atomic E-state index is 12.0. The van der Waals surface area contributed by atoms with E-state index in [0.29, 0.717) is 30.9 Å². The maximum absolute atomic E-state index is 12.0. The molecule has 44 heavy (non-hydrogen) atoms. The molecule has 232 valence electrons. The van der Waals surface area contributed by atoms with Gasteiger partial charge in [0.25, 0.3) is 0 Å². The molecule has 0 heterocycles. The first-order valence-electron chi connectivity index (χ1n) is 14.5. The van der Waals surface area contributed by atoms with Crippen molar-refractivity contribution in [1.29, 1.82) is 0 Å². The third kappa shape index (κ3) is 10.1. The quantitative estimate of drug-likeness (QED) is 0.103. The lowest BCUT2D eigenvalue weighted by atomic mass is 10.0. The number of benzene rings is 4. The van der Waals surface area contributed by atoms with E-state index in [1.807, 2.05) is 42.5 Å². The van der Waals surface area contributed by atoms with Crippen LogP contribution in [-0.2, 0) is 29.1 Å².